The lowest BCUT2D eigenvalue weighted by Gasteiger charge is -2.23. The monoisotopic (exact) mass is 237 g/mol. The van der Waals surface area contributed by atoms with Crippen molar-refractivity contribution in [3.8, 4) is 0 Å². The van der Waals surface area contributed by atoms with Crippen molar-refractivity contribution in [1.82, 2.24) is 0 Å². The van der Waals surface area contributed by atoms with E-state index in [0.717, 1.165) is 31.5 Å². The molecule has 1 saturated heterocycles. The molecular weight excluding hydrogens is 222 g/mol. The van der Waals surface area contributed by atoms with Crippen molar-refractivity contribution in [3.05, 3.63) is 28.8 Å². The normalized spacial score (nSPS) is 18.8. The molecule has 1 aliphatic heterocycles. The molecule has 1 aromatic carbocycles. The molecular formula is C13H16ClNO. The quantitative estimate of drug-likeness (QED) is 0.735. The summed E-state index contributed by atoms with van der Waals surface area (Å²) in [6, 6.07) is 5.63. The van der Waals surface area contributed by atoms with E-state index in [0.29, 0.717) is 16.0 Å². The van der Waals surface area contributed by atoms with Crippen molar-refractivity contribution in [2.24, 2.45) is 5.41 Å². The Balaban J connectivity index is 2.35. The highest BCUT2D eigenvalue weighted by molar-refractivity contribution is 6.33. The van der Waals surface area contributed by atoms with Gasteiger partial charge in [0.1, 0.15) is 0 Å². The highest BCUT2D eigenvalue weighted by Crippen LogP contribution is 2.35. The molecule has 1 fully saturated rings. The van der Waals surface area contributed by atoms with Crippen LogP contribution in [0.1, 0.15) is 30.6 Å². The molecule has 0 saturated carbocycles. The number of hydrogen-bond donors (Lipinski definition) is 0. The zero-order valence-electron chi connectivity index (χ0n) is 9.66. The maximum Gasteiger partial charge on any atom is 0.153 e. The fourth-order valence-electron chi connectivity index (χ4n) is 2.24. The topological polar surface area (TPSA) is 20.3 Å². The first-order valence-corrected chi connectivity index (χ1v) is 5.90. The van der Waals surface area contributed by atoms with Crippen LogP contribution < -0.4 is 4.90 Å². The lowest BCUT2D eigenvalue weighted by molar-refractivity contribution is 0.112. The standard InChI is InChI=1S/C13H16ClNO/c1-13(2)6-7-15(9-13)12-5-3-4-11(14)10(12)8-16/h3-5,8H,6-7,9H2,1-2H3. The number of anilines is 1. The van der Waals surface area contributed by atoms with Gasteiger partial charge in [-0.1, -0.05) is 31.5 Å². The molecule has 0 N–H and O–H groups in total. The number of aldehydes is 1. The van der Waals surface area contributed by atoms with Crippen LogP contribution in [0, 0.1) is 5.41 Å². The van der Waals surface area contributed by atoms with Crippen LogP contribution in [0.4, 0.5) is 5.69 Å². The van der Waals surface area contributed by atoms with E-state index in [-0.39, 0.29) is 0 Å². The molecule has 0 aliphatic carbocycles. The third kappa shape index (κ3) is 2.07. The van der Waals surface area contributed by atoms with Gasteiger partial charge in [0, 0.05) is 18.8 Å². The molecule has 0 bridgehead atoms. The fraction of sp³-hybridized carbons (Fsp3) is 0.462. The second-order valence-corrected chi connectivity index (χ2v) is 5.53. The van der Waals surface area contributed by atoms with Gasteiger partial charge in [0.15, 0.2) is 6.29 Å². The van der Waals surface area contributed by atoms with Crippen molar-refractivity contribution in [3.63, 3.8) is 0 Å². The first kappa shape index (κ1) is 11.5. The van der Waals surface area contributed by atoms with Crippen molar-refractivity contribution < 1.29 is 4.79 Å². The van der Waals surface area contributed by atoms with Gasteiger partial charge in [0.25, 0.3) is 0 Å². The van der Waals surface area contributed by atoms with E-state index in [9.17, 15) is 4.79 Å². The summed E-state index contributed by atoms with van der Waals surface area (Å²) < 4.78 is 0. The minimum absolute atomic E-state index is 0.322. The molecule has 3 heteroatoms. The van der Waals surface area contributed by atoms with E-state index in [1.54, 1.807) is 6.07 Å². The highest BCUT2D eigenvalue weighted by atomic mass is 35.5. The Hall–Kier alpha value is -1.02. The molecule has 0 aromatic heterocycles. The number of hydrogen-bond acceptors (Lipinski definition) is 2. The van der Waals surface area contributed by atoms with Gasteiger partial charge in [0.2, 0.25) is 0 Å². The summed E-state index contributed by atoms with van der Waals surface area (Å²) in [6.45, 7) is 6.47. The molecule has 0 amide bonds. The minimum Gasteiger partial charge on any atom is -0.370 e. The van der Waals surface area contributed by atoms with E-state index in [4.69, 9.17) is 11.6 Å². The molecule has 1 heterocycles. The molecule has 16 heavy (non-hydrogen) atoms. The summed E-state index contributed by atoms with van der Waals surface area (Å²) >= 11 is 6.02. The predicted octanol–water partition coefficient (Wildman–Crippen LogP) is 3.39. The first-order chi connectivity index (χ1) is 7.53. The summed E-state index contributed by atoms with van der Waals surface area (Å²) in [5.41, 5.74) is 1.90. The third-order valence-corrected chi connectivity index (χ3v) is 3.50. The predicted molar refractivity (Wildman–Crippen MR) is 67.5 cm³/mol. The Morgan fingerprint density at radius 1 is 1.44 bits per heavy atom. The second-order valence-electron chi connectivity index (χ2n) is 5.13. The lowest BCUT2D eigenvalue weighted by atomic mass is 9.93. The van der Waals surface area contributed by atoms with Gasteiger partial charge in [0.05, 0.1) is 10.6 Å². The van der Waals surface area contributed by atoms with Crippen molar-refractivity contribution >= 4 is 23.6 Å². The van der Waals surface area contributed by atoms with Gasteiger partial charge in [-0.05, 0) is 24.0 Å². The fourth-order valence-corrected chi connectivity index (χ4v) is 2.45. The van der Waals surface area contributed by atoms with E-state index >= 15 is 0 Å². The maximum atomic E-state index is 11.1. The smallest absolute Gasteiger partial charge is 0.153 e. The molecule has 1 aromatic rings. The average Bonchev–Trinajstić information content (AvgIpc) is 2.58. The van der Waals surface area contributed by atoms with E-state index < -0.39 is 0 Å². The summed E-state index contributed by atoms with van der Waals surface area (Å²) in [5.74, 6) is 0. The number of nitrogens with zero attached hydrogens (tertiary/aromatic N) is 1. The maximum absolute atomic E-state index is 11.1. The lowest BCUT2D eigenvalue weighted by Crippen LogP contribution is -2.23. The van der Waals surface area contributed by atoms with Crippen LogP contribution in [0.25, 0.3) is 0 Å². The van der Waals surface area contributed by atoms with Gasteiger partial charge >= 0.3 is 0 Å². The molecule has 1 aliphatic rings. The van der Waals surface area contributed by atoms with Gasteiger partial charge in [-0.25, -0.2) is 0 Å². The summed E-state index contributed by atoms with van der Waals surface area (Å²) in [6.07, 6.45) is 2.00. The van der Waals surface area contributed by atoms with Crippen LogP contribution in [0.5, 0.6) is 0 Å². The Labute approximate surface area is 101 Å². The van der Waals surface area contributed by atoms with Crippen LogP contribution in [-0.2, 0) is 0 Å². The van der Waals surface area contributed by atoms with Crippen LogP contribution in [-0.4, -0.2) is 19.4 Å². The van der Waals surface area contributed by atoms with E-state index in [2.05, 4.69) is 18.7 Å². The average molecular weight is 238 g/mol. The number of halogens is 1. The van der Waals surface area contributed by atoms with Crippen LogP contribution in [0.15, 0.2) is 18.2 Å². The number of carbonyl (C=O) groups is 1. The number of rotatable bonds is 2. The van der Waals surface area contributed by atoms with Crippen molar-refractivity contribution in [2.75, 3.05) is 18.0 Å². The third-order valence-electron chi connectivity index (χ3n) is 3.17. The number of benzene rings is 1. The Bertz CT molecular complexity index is 414. The summed E-state index contributed by atoms with van der Waals surface area (Å²) in [4.78, 5) is 13.3. The molecule has 0 radical (unpaired) electrons. The van der Waals surface area contributed by atoms with Gasteiger partial charge in [-0.2, -0.15) is 0 Å². The summed E-state index contributed by atoms with van der Waals surface area (Å²) in [5, 5.41) is 0.539. The SMILES string of the molecule is CC1(C)CCN(c2cccc(Cl)c2C=O)C1. The second kappa shape index (κ2) is 4.10. The van der Waals surface area contributed by atoms with Gasteiger partial charge in [-0.3, -0.25) is 4.79 Å². The minimum atomic E-state index is 0.322. The van der Waals surface area contributed by atoms with Gasteiger partial charge < -0.3 is 4.90 Å². The highest BCUT2D eigenvalue weighted by Gasteiger charge is 2.30. The Kier molecular flexibility index (Phi) is 2.94. The zero-order valence-corrected chi connectivity index (χ0v) is 10.4. The van der Waals surface area contributed by atoms with Crippen LogP contribution in [0.2, 0.25) is 5.02 Å². The van der Waals surface area contributed by atoms with Crippen molar-refractivity contribution in [2.45, 2.75) is 20.3 Å². The van der Waals surface area contributed by atoms with E-state index in [1.165, 1.54) is 0 Å². The van der Waals surface area contributed by atoms with Gasteiger partial charge in [-0.15, -0.1) is 0 Å². The molecule has 86 valence electrons. The Morgan fingerprint density at radius 3 is 2.75 bits per heavy atom. The largest absolute Gasteiger partial charge is 0.370 e. The molecule has 0 atom stereocenters. The molecule has 0 unspecified atom stereocenters. The van der Waals surface area contributed by atoms with Crippen LogP contribution >= 0.6 is 11.6 Å². The van der Waals surface area contributed by atoms with Crippen molar-refractivity contribution in [1.29, 1.82) is 0 Å². The number of carbonyl (C=O) groups excluding carboxylic acids is 1. The van der Waals surface area contributed by atoms with Crippen LogP contribution in [0.3, 0.4) is 0 Å². The summed E-state index contributed by atoms with van der Waals surface area (Å²) in [7, 11) is 0. The molecule has 0 spiro atoms. The Morgan fingerprint density at radius 2 is 2.19 bits per heavy atom. The first-order valence-electron chi connectivity index (χ1n) is 5.52. The molecule has 2 nitrogen and oxygen atoms in total. The zero-order chi connectivity index (χ0) is 11.8. The van der Waals surface area contributed by atoms with E-state index in [1.807, 2.05) is 12.1 Å². The molecule has 2 rings (SSSR count).